The van der Waals surface area contributed by atoms with Gasteiger partial charge in [0, 0.05) is 23.4 Å². The van der Waals surface area contributed by atoms with Gasteiger partial charge in [-0.1, -0.05) is 73.0 Å². The van der Waals surface area contributed by atoms with Crippen molar-refractivity contribution >= 4 is 35.2 Å². The summed E-state index contributed by atoms with van der Waals surface area (Å²) in [6.07, 6.45) is 4.34. The molecule has 1 atom stereocenters. The molecule has 30 heavy (non-hydrogen) atoms. The third-order valence-electron chi connectivity index (χ3n) is 5.50. The van der Waals surface area contributed by atoms with E-state index in [0.29, 0.717) is 17.3 Å². The third-order valence-corrected chi connectivity index (χ3v) is 6.86. The molecular weight excluding hydrogens is 416 g/mol. The average molecular weight is 445 g/mol. The van der Waals surface area contributed by atoms with E-state index in [0.717, 1.165) is 37.0 Å². The summed E-state index contributed by atoms with van der Waals surface area (Å²) in [5.41, 5.74) is 2.03. The lowest BCUT2D eigenvalue weighted by molar-refractivity contribution is -0.138. The highest BCUT2D eigenvalue weighted by Crippen LogP contribution is 2.22. The number of hydrogen-bond donors (Lipinski definition) is 1. The molecule has 3 rings (SSSR count). The molecule has 1 saturated carbocycles. The van der Waals surface area contributed by atoms with Gasteiger partial charge in [-0.15, -0.1) is 11.8 Å². The summed E-state index contributed by atoms with van der Waals surface area (Å²) < 4.78 is 0. The van der Waals surface area contributed by atoms with E-state index in [1.807, 2.05) is 42.5 Å². The molecule has 1 fully saturated rings. The Hall–Kier alpha value is -1.98. The highest BCUT2D eigenvalue weighted by atomic mass is 35.5. The highest BCUT2D eigenvalue weighted by Gasteiger charge is 2.28. The summed E-state index contributed by atoms with van der Waals surface area (Å²) in [6, 6.07) is 17.2. The van der Waals surface area contributed by atoms with Crippen LogP contribution in [0.4, 0.5) is 0 Å². The quantitative estimate of drug-likeness (QED) is 0.588. The van der Waals surface area contributed by atoms with Crippen LogP contribution in [0.3, 0.4) is 0 Å². The molecule has 160 valence electrons. The monoisotopic (exact) mass is 444 g/mol. The van der Waals surface area contributed by atoms with E-state index in [-0.39, 0.29) is 17.9 Å². The van der Waals surface area contributed by atoms with Gasteiger partial charge in [0.2, 0.25) is 11.8 Å². The Kier molecular flexibility index (Phi) is 8.64. The highest BCUT2D eigenvalue weighted by molar-refractivity contribution is 7.99. The number of hydrogen-bond acceptors (Lipinski definition) is 3. The summed E-state index contributed by atoms with van der Waals surface area (Å²) in [5, 5.41) is 3.73. The maximum atomic E-state index is 13.1. The number of nitrogens with zero attached hydrogens (tertiary/aromatic N) is 1. The first-order valence-corrected chi connectivity index (χ1v) is 12.0. The van der Waals surface area contributed by atoms with Crippen LogP contribution in [0.15, 0.2) is 54.6 Å². The molecule has 0 heterocycles. The summed E-state index contributed by atoms with van der Waals surface area (Å²) in [7, 11) is 0. The summed E-state index contributed by atoms with van der Waals surface area (Å²) >= 11 is 7.90. The normalized spacial score (nSPS) is 15.0. The predicted molar refractivity (Wildman–Crippen MR) is 124 cm³/mol. The SMILES string of the molecule is C[C@H](C(=O)NC1CCCC1)N(Cc1ccccc1Cl)C(=O)CSCc1ccccc1. The van der Waals surface area contributed by atoms with Gasteiger partial charge < -0.3 is 10.2 Å². The number of nitrogens with one attached hydrogen (secondary N) is 1. The van der Waals surface area contributed by atoms with Crippen LogP contribution in [0, 0.1) is 0 Å². The minimum absolute atomic E-state index is 0.0510. The fourth-order valence-electron chi connectivity index (χ4n) is 3.70. The van der Waals surface area contributed by atoms with Crippen LogP contribution in [0.1, 0.15) is 43.7 Å². The summed E-state index contributed by atoms with van der Waals surface area (Å²) in [5.74, 6) is 0.940. The second kappa shape index (κ2) is 11.4. The zero-order valence-corrected chi connectivity index (χ0v) is 18.9. The Morgan fingerprint density at radius 2 is 1.77 bits per heavy atom. The van der Waals surface area contributed by atoms with Crippen molar-refractivity contribution in [2.75, 3.05) is 5.75 Å². The molecule has 0 aliphatic heterocycles. The molecule has 0 unspecified atom stereocenters. The molecular formula is C24H29ClN2O2S. The van der Waals surface area contributed by atoms with Crippen LogP contribution in [0.25, 0.3) is 0 Å². The second-order valence-corrected chi connectivity index (χ2v) is 9.15. The first-order valence-electron chi connectivity index (χ1n) is 10.5. The lowest BCUT2D eigenvalue weighted by Gasteiger charge is -2.30. The van der Waals surface area contributed by atoms with E-state index < -0.39 is 6.04 Å². The number of carbonyl (C=O) groups excluding carboxylic acids is 2. The van der Waals surface area contributed by atoms with E-state index in [4.69, 9.17) is 11.6 Å². The maximum Gasteiger partial charge on any atom is 0.242 e. The Balaban J connectivity index is 1.66. The van der Waals surface area contributed by atoms with Crippen molar-refractivity contribution in [3.05, 3.63) is 70.7 Å². The van der Waals surface area contributed by atoms with E-state index in [2.05, 4.69) is 17.4 Å². The van der Waals surface area contributed by atoms with Crippen LogP contribution in [0.5, 0.6) is 0 Å². The minimum atomic E-state index is -0.549. The van der Waals surface area contributed by atoms with Gasteiger partial charge in [-0.2, -0.15) is 0 Å². The number of rotatable bonds is 9. The molecule has 6 heteroatoms. The van der Waals surface area contributed by atoms with Gasteiger partial charge in [0.15, 0.2) is 0 Å². The number of halogens is 1. The van der Waals surface area contributed by atoms with E-state index >= 15 is 0 Å². The van der Waals surface area contributed by atoms with Crippen molar-refractivity contribution in [2.24, 2.45) is 0 Å². The first-order chi connectivity index (χ1) is 14.5. The van der Waals surface area contributed by atoms with Gasteiger partial charge in [0.05, 0.1) is 5.75 Å². The van der Waals surface area contributed by atoms with Gasteiger partial charge in [-0.3, -0.25) is 9.59 Å². The van der Waals surface area contributed by atoms with E-state index in [1.165, 1.54) is 5.56 Å². The van der Waals surface area contributed by atoms with E-state index in [1.54, 1.807) is 23.6 Å². The minimum Gasteiger partial charge on any atom is -0.352 e. The molecule has 1 aliphatic rings. The third kappa shape index (κ3) is 6.51. The maximum absolute atomic E-state index is 13.1. The first kappa shape index (κ1) is 22.7. The van der Waals surface area contributed by atoms with E-state index in [9.17, 15) is 9.59 Å². The smallest absolute Gasteiger partial charge is 0.242 e. The zero-order valence-electron chi connectivity index (χ0n) is 17.4. The molecule has 4 nitrogen and oxygen atoms in total. The molecule has 0 saturated heterocycles. The number of amides is 2. The average Bonchev–Trinajstić information content (AvgIpc) is 3.26. The van der Waals surface area contributed by atoms with Gasteiger partial charge >= 0.3 is 0 Å². The molecule has 0 radical (unpaired) electrons. The Morgan fingerprint density at radius 3 is 2.47 bits per heavy atom. The zero-order chi connectivity index (χ0) is 21.3. The molecule has 1 aliphatic carbocycles. The lowest BCUT2D eigenvalue weighted by atomic mass is 10.1. The molecule has 1 N–H and O–H groups in total. The van der Waals surface area contributed by atoms with Crippen molar-refractivity contribution < 1.29 is 9.59 Å². The number of carbonyl (C=O) groups is 2. The Bertz CT molecular complexity index is 840. The van der Waals surface area contributed by atoms with Crippen molar-refractivity contribution in [1.29, 1.82) is 0 Å². The van der Waals surface area contributed by atoms with Crippen LogP contribution in [0.2, 0.25) is 5.02 Å². The van der Waals surface area contributed by atoms with Crippen LogP contribution < -0.4 is 5.32 Å². The number of benzene rings is 2. The van der Waals surface area contributed by atoms with Gasteiger partial charge in [-0.05, 0) is 37.0 Å². The van der Waals surface area contributed by atoms with Crippen molar-refractivity contribution in [2.45, 2.75) is 57.0 Å². The summed E-state index contributed by atoms with van der Waals surface area (Å²) in [6.45, 7) is 2.13. The summed E-state index contributed by atoms with van der Waals surface area (Å²) in [4.78, 5) is 27.6. The predicted octanol–water partition coefficient (Wildman–Crippen LogP) is 5.05. The van der Waals surface area contributed by atoms with Crippen molar-refractivity contribution in [3.63, 3.8) is 0 Å². The topological polar surface area (TPSA) is 49.4 Å². The largest absolute Gasteiger partial charge is 0.352 e. The van der Waals surface area contributed by atoms with Crippen LogP contribution >= 0.6 is 23.4 Å². The van der Waals surface area contributed by atoms with Crippen LogP contribution in [-0.2, 0) is 21.9 Å². The van der Waals surface area contributed by atoms with Crippen molar-refractivity contribution in [3.8, 4) is 0 Å². The van der Waals surface area contributed by atoms with Gasteiger partial charge in [0.25, 0.3) is 0 Å². The standard InChI is InChI=1S/C24H29ClN2O2S/c1-18(24(29)26-21-12-6-7-13-21)27(15-20-11-5-8-14-22(20)25)23(28)17-30-16-19-9-3-2-4-10-19/h2-5,8-11,14,18,21H,6-7,12-13,15-17H2,1H3,(H,26,29)/t18-/m1/s1. The van der Waals surface area contributed by atoms with Crippen molar-refractivity contribution in [1.82, 2.24) is 10.2 Å². The van der Waals surface area contributed by atoms with Gasteiger partial charge in [0.1, 0.15) is 6.04 Å². The second-order valence-electron chi connectivity index (χ2n) is 7.76. The molecule has 0 spiro atoms. The molecule has 0 bridgehead atoms. The fourth-order valence-corrected chi connectivity index (χ4v) is 4.76. The Labute approximate surface area is 188 Å². The fraction of sp³-hybridized carbons (Fsp3) is 0.417. The molecule has 2 aromatic carbocycles. The lowest BCUT2D eigenvalue weighted by Crippen LogP contribution is -2.50. The number of thioether (sulfide) groups is 1. The van der Waals surface area contributed by atoms with Crippen LogP contribution in [-0.4, -0.2) is 34.6 Å². The molecule has 2 amide bonds. The van der Waals surface area contributed by atoms with Gasteiger partial charge in [-0.25, -0.2) is 0 Å². The molecule has 0 aromatic heterocycles. The Morgan fingerprint density at radius 1 is 1.10 bits per heavy atom. The molecule has 2 aromatic rings.